The fraction of sp³-hybridized carbons (Fsp3) is 0.250. The van der Waals surface area contributed by atoms with Gasteiger partial charge in [0.2, 0.25) is 0 Å². The Morgan fingerprint density at radius 3 is 2.44 bits per heavy atom. The van der Waals surface area contributed by atoms with E-state index in [0.29, 0.717) is 16.6 Å². The first-order chi connectivity index (χ1) is 8.36. The minimum Gasteiger partial charge on any atom is -0.477 e. The van der Waals surface area contributed by atoms with Crippen molar-refractivity contribution in [2.75, 3.05) is 0 Å². The van der Waals surface area contributed by atoms with Crippen molar-refractivity contribution in [1.82, 2.24) is 4.57 Å². The van der Waals surface area contributed by atoms with E-state index < -0.39 is 10.9 Å². The molecule has 0 aliphatic heterocycles. The maximum absolute atomic E-state index is 11.2. The number of rotatable bonds is 2. The molecule has 0 atom stereocenters. The number of carboxylic acid groups (broad SMARTS) is 1. The molecule has 6 heteroatoms. The van der Waals surface area contributed by atoms with Crippen molar-refractivity contribution in [2.45, 2.75) is 13.8 Å². The number of aromatic nitrogens is 1. The van der Waals surface area contributed by atoms with Crippen LogP contribution in [0.15, 0.2) is 12.1 Å². The third-order valence-electron chi connectivity index (χ3n) is 3.23. The highest BCUT2D eigenvalue weighted by molar-refractivity contribution is 6.00. The summed E-state index contributed by atoms with van der Waals surface area (Å²) in [6.07, 6.45) is 0. The van der Waals surface area contributed by atoms with Gasteiger partial charge in [-0.2, -0.15) is 0 Å². The van der Waals surface area contributed by atoms with Crippen molar-refractivity contribution in [3.63, 3.8) is 0 Å². The van der Waals surface area contributed by atoms with Crippen LogP contribution in [0.4, 0.5) is 5.69 Å². The van der Waals surface area contributed by atoms with Crippen LogP contribution in [0.1, 0.15) is 21.6 Å². The van der Waals surface area contributed by atoms with Crippen molar-refractivity contribution < 1.29 is 14.8 Å². The van der Waals surface area contributed by atoms with Gasteiger partial charge in [0, 0.05) is 18.5 Å². The van der Waals surface area contributed by atoms with E-state index in [1.807, 2.05) is 0 Å². The lowest BCUT2D eigenvalue weighted by molar-refractivity contribution is -0.385. The number of hydrogen-bond donors (Lipinski definition) is 1. The lowest BCUT2D eigenvalue weighted by Gasteiger charge is -2.03. The van der Waals surface area contributed by atoms with E-state index in [9.17, 15) is 14.9 Å². The average Bonchev–Trinajstić information content (AvgIpc) is 2.51. The zero-order chi connectivity index (χ0) is 13.6. The smallest absolute Gasteiger partial charge is 0.352 e. The normalized spacial score (nSPS) is 10.8. The van der Waals surface area contributed by atoms with E-state index in [1.54, 1.807) is 27.0 Å². The topological polar surface area (TPSA) is 85.4 Å². The van der Waals surface area contributed by atoms with Gasteiger partial charge in [-0.05, 0) is 25.5 Å². The van der Waals surface area contributed by atoms with E-state index in [0.717, 1.165) is 5.39 Å². The highest BCUT2D eigenvalue weighted by atomic mass is 16.6. The summed E-state index contributed by atoms with van der Waals surface area (Å²) in [7, 11) is 1.61. The van der Waals surface area contributed by atoms with Gasteiger partial charge in [0.25, 0.3) is 5.69 Å². The molecule has 2 rings (SSSR count). The quantitative estimate of drug-likeness (QED) is 0.653. The lowest BCUT2D eigenvalue weighted by Crippen LogP contribution is -2.06. The first-order valence-corrected chi connectivity index (χ1v) is 5.32. The molecule has 0 bridgehead atoms. The van der Waals surface area contributed by atoms with Crippen LogP contribution in [0.3, 0.4) is 0 Å². The molecule has 0 fully saturated rings. The molecule has 1 heterocycles. The predicted molar refractivity (Wildman–Crippen MR) is 66.0 cm³/mol. The molecule has 0 aliphatic carbocycles. The van der Waals surface area contributed by atoms with E-state index in [1.165, 1.54) is 10.6 Å². The molecule has 18 heavy (non-hydrogen) atoms. The number of fused-ring (bicyclic) bond motifs is 1. The average molecular weight is 248 g/mol. The maximum Gasteiger partial charge on any atom is 0.352 e. The standard InChI is InChI=1S/C12H12N2O4/c1-6-8-4-5-9(14(17)18)7(2)10(8)13(3)11(6)12(15)16/h4-5H,1-3H3,(H,15,16). The second kappa shape index (κ2) is 3.83. The van der Waals surface area contributed by atoms with Crippen molar-refractivity contribution in [3.8, 4) is 0 Å². The van der Waals surface area contributed by atoms with Gasteiger partial charge >= 0.3 is 5.97 Å². The number of nitro groups is 1. The fourth-order valence-electron chi connectivity index (χ4n) is 2.42. The maximum atomic E-state index is 11.2. The summed E-state index contributed by atoms with van der Waals surface area (Å²) in [5, 5.41) is 20.8. The van der Waals surface area contributed by atoms with Gasteiger partial charge in [-0.1, -0.05) is 0 Å². The van der Waals surface area contributed by atoms with E-state index >= 15 is 0 Å². The van der Waals surface area contributed by atoms with E-state index in [2.05, 4.69) is 0 Å². The Hall–Kier alpha value is -2.37. The van der Waals surface area contributed by atoms with Gasteiger partial charge in [0.05, 0.1) is 16.0 Å². The molecule has 1 aromatic carbocycles. The van der Waals surface area contributed by atoms with Gasteiger partial charge < -0.3 is 9.67 Å². The Bertz CT molecular complexity index is 685. The molecular weight excluding hydrogens is 236 g/mol. The highest BCUT2D eigenvalue weighted by Gasteiger charge is 2.22. The first-order valence-electron chi connectivity index (χ1n) is 5.32. The molecule has 0 saturated carbocycles. The minimum atomic E-state index is -1.03. The molecule has 2 aromatic rings. The molecule has 0 amide bonds. The summed E-state index contributed by atoms with van der Waals surface area (Å²) in [6, 6.07) is 3.01. The molecule has 0 spiro atoms. The van der Waals surface area contributed by atoms with Gasteiger partial charge in [-0.15, -0.1) is 0 Å². The van der Waals surface area contributed by atoms with Crippen LogP contribution in [-0.4, -0.2) is 20.6 Å². The summed E-state index contributed by atoms with van der Waals surface area (Å²) in [5.41, 5.74) is 1.86. The van der Waals surface area contributed by atoms with Crippen molar-refractivity contribution in [1.29, 1.82) is 0 Å². The van der Waals surface area contributed by atoms with Crippen LogP contribution in [0.2, 0.25) is 0 Å². The Morgan fingerprint density at radius 1 is 1.33 bits per heavy atom. The third kappa shape index (κ3) is 1.46. The van der Waals surface area contributed by atoms with Crippen molar-refractivity contribution in [3.05, 3.63) is 39.1 Å². The zero-order valence-corrected chi connectivity index (χ0v) is 10.2. The summed E-state index contributed by atoms with van der Waals surface area (Å²) in [5.74, 6) is -1.03. The molecule has 0 aliphatic rings. The summed E-state index contributed by atoms with van der Waals surface area (Å²) in [4.78, 5) is 21.6. The number of hydrogen-bond acceptors (Lipinski definition) is 3. The number of nitro benzene ring substituents is 1. The Balaban J connectivity index is 2.95. The predicted octanol–water partition coefficient (Wildman–Crippen LogP) is 2.40. The molecule has 1 aromatic heterocycles. The summed E-state index contributed by atoms with van der Waals surface area (Å²) >= 11 is 0. The van der Waals surface area contributed by atoms with E-state index in [4.69, 9.17) is 5.11 Å². The number of nitrogens with zero attached hydrogens (tertiary/aromatic N) is 2. The van der Waals surface area contributed by atoms with Crippen LogP contribution in [-0.2, 0) is 7.05 Å². The Morgan fingerprint density at radius 2 is 1.94 bits per heavy atom. The zero-order valence-electron chi connectivity index (χ0n) is 10.2. The molecular formula is C12H12N2O4. The number of carbonyl (C=O) groups is 1. The van der Waals surface area contributed by atoms with Crippen LogP contribution >= 0.6 is 0 Å². The van der Waals surface area contributed by atoms with Crippen LogP contribution in [0.25, 0.3) is 10.9 Å². The fourth-order valence-corrected chi connectivity index (χ4v) is 2.42. The van der Waals surface area contributed by atoms with Crippen molar-refractivity contribution in [2.24, 2.45) is 7.05 Å². The molecule has 0 saturated heterocycles. The monoisotopic (exact) mass is 248 g/mol. The second-order valence-electron chi connectivity index (χ2n) is 4.20. The van der Waals surface area contributed by atoms with Gasteiger partial charge in [-0.3, -0.25) is 10.1 Å². The SMILES string of the molecule is Cc1c(C(=O)O)n(C)c2c(C)c([N+](=O)[O-])ccc12. The molecule has 1 N–H and O–H groups in total. The summed E-state index contributed by atoms with van der Waals surface area (Å²) in [6.45, 7) is 3.34. The van der Waals surface area contributed by atoms with Crippen LogP contribution in [0, 0.1) is 24.0 Å². The van der Waals surface area contributed by atoms with E-state index in [-0.39, 0.29) is 11.4 Å². The molecule has 0 unspecified atom stereocenters. The Labute approximate surface area is 103 Å². The van der Waals surface area contributed by atoms with Crippen LogP contribution < -0.4 is 0 Å². The largest absolute Gasteiger partial charge is 0.477 e. The molecule has 94 valence electrons. The number of carboxylic acids is 1. The second-order valence-corrected chi connectivity index (χ2v) is 4.20. The number of aryl methyl sites for hydroxylation is 3. The first kappa shape index (κ1) is 12.1. The minimum absolute atomic E-state index is 0.0000359. The van der Waals surface area contributed by atoms with Gasteiger partial charge in [-0.25, -0.2) is 4.79 Å². The van der Waals surface area contributed by atoms with Crippen LogP contribution in [0.5, 0.6) is 0 Å². The van der Waals surface area contributed by atoms with Gasteiger partial charge in [0.15, 0.2) is 0 Å². The summed E-state index contributed by atoms with van der Waals surface area (Å²) < 4.78 is 1.50. The molecule has 0 radical (unpaired) electrons. The third-order valence-corrected chi connectivity index (χ3v) is 3.23. The van der Waals surface area contributed by atoms with Crippen molar-refractivity contribution >= 4 is 22.6 Å². The Kier molecular flexibility index (Phi) is 2.58. The number of benzene rings is 1. The molecule has 6 nitrogen and oxygen atoms in total. The van der Waals surface area contributed by atoms with Gasteiger partial charge in [0.1, 0.15) is 5.69 Å². The lowest BCUT2D eigenvalue weighted by atomic mass is 10.1. The highest BCUT2D eigenvalue weighted by Crippen LogP contribution is 2.32. The number of aromatic carboxylic acids is 1.